The summed E-state index contributed by atoms with van der Waals surface area (Å²) in [7, 11) is -0.735. The second kappa shape index (κ2) is 5.01. The van der Waals surface area contributed by atoms with E-state index in [9.17, 15) is 8.42 Å². The highest BCUT2D eigenvalue weighted by atomic mass is 32.2. The predicted molar refractivity (Wildman–Crippen MR) is 82.7 cm³/mol. The summed E-state index contributed by atoms with van der Waals surface area (Å²) < 4.78 is 28.4. The lowest BCUT2D eigenvalue weighted by molar-refractivity contribution is 0.379. The van der Waals surface area contributed by atoms with E-state index in [0.717, 1.165) is 5.70 Å². The van der Waals surface area contributed by atoms with E-state index in [0.29, 0.717) is 6.54 Å². The molecule has 0 aromatic heterocycles. The second-order valence-electron chi connectivity index (χ2n) is 6.55. The molecule has 1 N–H and O–H groups in total. The largest absolute Gasteiger partial charge is 0.304 e. The number of hydrogen-bond donors (Lipinski definition) is 1. The zero-order chi connectivity index (χ0) is 14.4. The topological polar surface area (TPSA) is 49.4 Å². The molecule has 7 heteroatoms. The molecule has 0 radical (unpaired) electrons. The zero-order valence-corrected chi connectivity index (χ0v) is 14.9. The summed E-state index contributed by atoms with van der Waals surface area (Å²) in [6.45, 7) is 13.0. The summed E-state index contributed by atoms with van der Waals surface area (Å²) in [5, 5.41) is 0. The molecule has 1 aliphatic rings. The standard InChI is InChI=1S/C11H24N2O2P2S/c1-10(2,3)8-7-12-18(14,15)13(17-16)9(8)11(4,5)6/h12,17H,7,16H2,1-6H3. The van der Waals surface area contributed by atoms with Crippen LogP contribution in [0.1, 0.15) is 41.5 Å². The summed E-state index contributed by atoms with van der Waals surface area (Å²) in [5.41, 5.74) is 1.86. The number of hydrogen-bond acceptors (Lipinski definition) is 2. The van der Waals surface area contributed by atoms with Crippen LogP contribution in [0.3, 0.4) is 0 Å². The van der Waals surface area contributed by atoms with E-state index in [1.54, 1.807) is 0 Å². The number of allylic oxidation sites excluding steroid dienone is 1. The van der Waals surface area contributed by atoms with Gasteiger partial charge >= 0.3 is 10.2 Å². The van der Waals surface area contributed by atoms with E-state index in [1.165, 1.54) is 9.65 Å². The maximum atomic E-state index is 12.1. The first-order valence-corrected chi connectivity index (χ1v) is 10.1. The molecule has 0 bridgehead atoms. The highest BCUT2D eigenvalue weighted by Crippen LogP contribution is 2.47. The van der Waals surface area contributed by atoms with E-state index in [4.69, 9.17) is 0 Å². The van der Waals surface area contributed by atoms with Crippen LogP contribution in [-0.2, 0) is 10.2 Å². The molecule has 0 aromatic carbocycles. The molecule has 1 rings (SSSR count). The molecular weight excluding hydrogens is 286 g/mol. The SMILES string of the molecule is CC(C)(C)C1=C(C(C)(C)C)N(PP)S(=O)(=O)NC1. The molecule has 0 aromatic rings. The van der Waals surface area contributed by atoms with Crippen LogP contribution in [0, 0.1) is 10.8 Å². The first-order valence-electron chi connectivity index (χ1n) is 5.91. The number of nitrogens with zero attached hydrogens (tertiary/aromatic N) is 1. The van der Waals surface area contributed by atoms with Crippen molar-refractivity contribution >= 4 is 27.6 Å². The molecule has 106 valence electrons. The Balaban J connectivity index is 3.54. The van der Waals surface area contributed by atoms with Crippen LogP contribution in [0.15, 0.2) is 11.3 Å². The average molecular weight is 310 g/mol. The Hall–Kier alpha value is 0.310. The maximum absolute atomic E-state index is 12.1. The van der Waals surface area contributed by atoms with Crippen molar-refractivity contribution in [2.45, 2.75) is 41.5 Å². The fourth-order valence-electron chi connectivity index (χ4n) is 2.07. The first kappa shape index (κ1) is 16.4. The van der Waals surface area contributed by atoms with Crippen molar-refractivity contribution in [1.82, 2.24) is 8.80 Å². The van der Waals surface area contributed by atoms with Gasteiger partial charge in [0, 0.05) is 26.1 Å². The van der Waals surface area contributed by atoms with E-state index in [-0.39, 0.29) is 19.3 Å². The Bertz CT molecular complexity index is 458. The molecule has 0 saturated heterocycles. The van der Waals surface area contributed by atoms with Gasteiger partial charge in [-0.2, -0.15) is 13.1 Å². The lowest BCUT2D eigenvalue weighted by Gasteiger charge is -2.42. The molecule has 4 nitrogen and oxygen atoms in total. The van der Waals surface area contributed by atoms with Crippen LogP contribution in [0.2, 0.25) is 0 Å². The quantitative estimate of drug-likeness (QED) is 0.757. The highest BCUT2D eigenvalue weighted by Gasteiger charge is 2.39. The van der Waals surface area contributed by atoms with Crippen molar-refractivity contribution in [1.29, 1.82) is 0 Å². The smallest absolute Gasteiger partial charge is 0.240 e. The van der Waals surface area contributed by atoms with Crippen molar-refractivity contribution in [3.8, 4) is 0 Å². The van der Waals surface area contributed by atoms with Gasteiger partial charge in [-0.15, -0.1) is 0 Å². The Morgan fingerprint density at radius 3 is 2.00 bits per heavy atom. The lowest BCUT2D eigenvalue weighted by Crippen LogP contribution is -2.46. The van der Waals surface area contributed by atoms with Gasteiger partial charge < -0.3 is 0 Å². The third-order valence-corrected chi connectivity index (χ3v) is 6.90. The summed E-state index contributed by atoms with van der Waals surface area (Å²) >= 11 is 0. The van der Waals surface area contributed by atoms with Crippen LogP contribution < -0.4 is 4.72 Å². The third kappa shape index (κ3) is 3.25. The second-order valence-corrected chi connectivity index (χ2v) is 9.95. The van der Waals surface area contributed by atoms with Gasteiger partial charge in [0.25, 0.3) is 0 Å². The van der Waals surface area contributed by atoms with Crippen molar-refractivity contribution in [2.75, 3.05) is 6.54 Å². The predicted octanol–water partition coefficient (Wildman–Crippen LogP) is 2.87. The van der Waals surface area contributed by atoms with Gasteiger partial charge in [0.15, 0.2) is 0 Å². The maximum Gasteiger partial charge on any atom is 0.304 e. The lowest BCUT2D eigenvalue weighted by atomic mass is 9.78. The average Bonchev–Trinajstić information content (AvgIpc) is 2.12. The van der Waals surface area contributed by atoms with Crippen molar-refractivity contribution in [3.05, 3.63) is 11.3 Å². The van der Waals surface area contributed by atoms with E-state index in [2.05, 4.69) is 55.2 Å². The van der Waals surface area contributed by atoms with Crippen LogP contribution in [0.5, 0.6) is 0 Å². The molecule has 0 amide bonds. The molecule has 2 unspecified atom stereocenters. The molecule has 0 aliphatic carbocycles. The molecule has 1 aliphatic heterocycles. The van der Waals surface area contributed by atoms with E-state index in [1.807, 2.05) is 0 Å². The normalized spacial score (nSPS) is 22.1. The summed E-state index contributed by atoms with van der Waals surface area (Å²) in [6.07, 6.45) is 0. The zero-order valence-electron chi connectivity index (χ0n) is 12.0. The summed E-state index contributed by atoms with van der Waals surface area (Å²) in [4.78, 5) is 0. The van der Waals surface area contributed by atoms with Gasteiger partial charge in [0.2, 0.25) is 0 Å². The Morgan fingerprint density at radius 1 is 1.17 bits per heavy atom. The number of nitrogens with one attached hydrogen (secondary N) is 1. The van der Waals surface area contributed by atoms with E-state index < -0.39 is 10.2 Å². The van der Waals surface area contributed by atoms with Crippen LogP contribution in [0.4, 0.5) is 0 Å². The molecule has 18 heavy (non-hydrogen) atoms. The van der Waals surface area contributed by atoms with Gasteiger partial charge in [0.1, 0.15) is 0 Å². The minimum atomic E-state index is -3.38. The van der Waals surface area contributed by atoms with E-state index >= 15 is 0 Å². The van der Waals surface area contributed by atoms with Gasteiger partial charge in [-0.1, -0.05) is 50.5 Å². The highest BCUT2D eigenvalue weighted by molar-refractivity contribution is 8.08. The van der Waals surface area contributed by atoms with Crippen LogP contribution >= 0.6 is 17.3 Å². The number of rotatable bonds is 1. The molecule has 0 fully saturated rings. The van der Waals surface area contributed by atoms with Crippen molar-refractivity contribution < 1.29 is 8.42 Å². The van der Waals surface area contributed by atoms with Gasteiger partial charge in [-0.3, -0.25) is 0 Å². The van der Waals surface area contributed by atoms with Crippen molar-refractivity contribution in [2.24, 2.45) is 10.8 Å². The van der Waals surface area contributed by atoms with Crippen molar-refractivity contribution in [3.63, 3.8) is 0 Å². The summed E-state index contributed by atoms with van der Waals surface area (Å²) in [5.74, 6) is 0. The fourth-order valence-corrected chi connectivity index (χ4v) is 6.13. The molecule has 1 heterocycles. The summed E-state index contributed by atoms with van der Waals surface area (Å²) in [6, 6.07) is 0. The first-order chi connectivity index (χ1) is 7.91. The van der Waals surface area contributed by atoms with Crippen LogP contribution in [0.25, 0.3) is 0 Å². The fraction of sp³-hybridized carbons (Fsp3) is 0.818. The van der Waals surface area contributed by atoms with Gasteiger partial charge in [0.05, 0.1) is 0 Å². The monoisotopic (exact) mass is 310 g/mol. The minimum absolute atomic E-state index is 0.0475. The Morgan fingerprint density at radius 2 is 1.67 bits per heavy atom. The molecule has 2 atom stereocenters. The Kier molecular flexibility index (Phi) is 4.56. The van der Waals surface area contributed by atoms with Crippen LogP contribution in [-0.4, -0.2) is 19.0 Å². The van der Waals surface area contributed by atoms with Gasteiger partial charge in [-0.25, -0.2) is 4.08 Å². The molecule has 0 spiro atoms. The molecule has 0 saturated carbocycles. The Labute approximate surface area is 115 Å². The third-order valence-electron chi connectivity index (χ3n) is 2.89. The molecular formula is C11H24N2O2P2S. The van der Waals surface area contributed by atoms with Gasteiger partial charge in [-0.05, 0) is 11.0 Å². The minimum Gasteiger partial charge on any atom is -0.240 e.